The number of thioether (sulfide) groups is 1. The van der Waals surface area contributed by atoms with Crippen molar-refractivity contribution in [2.24, 2.45) is 5.73 Å². The minimum absolute atomic E-state index is 0.172. The molecule has 112 valence electrons. The van der Waals surface area contributed by atoms with E-state index in [9.17, 15) is 8.42 Å². The first-order valence-corrected chi connectivity index (χ1v) is 9.77. The van der Waals surface area contributed by atoms with Crippen LogP contribution in [0.15, 0.2) is 23.1 Å². The molecule has 0 aliphatic rings. The van der Waals surface area contributed by atoms with Crippen molar-refractivity contribution in [2.75, 3.05) is 29.6 Å². The molecule has 20 heavy (non-hydrogen) atoms. The lowest BCUT2D eigenvalue weighted by Gasteiger charge is -2.14. The van der Waals surface area contributed by atoms with Crippen molar-refractivity contribution >= 4 is 44.5 Å². The van der Waals surface area contributed by atoms with Crippen molar-refractivity contribution < 1.29 is 8.42 Å². The molecule has 0 unspecified atom stereocenters. The Labute approximate surface area is 130 Å². The van der Waals surface area contributed by atoms with E-state index in [0.717, 1.165) is 21.9 Å². The van der Waals surface area contributed by atoms with Gasteiger partial charge in [0.15, 0.2) is 0 Å². The van der Waals surface area contributed by atoms with Crippen LogP contribution in [0, 0.1) is 0 Å². The molecule has 0 fully saturated rings. The third kappa shape index (κ3) is 5.68. The van der Waals surface area contributed by atoms with Crippen LogP contribution >= 0.6 is 24.0 Å². The van der Waals surface area contributed by atoms with Crippen molar-refractivity contribution in [2.45, 2.75) is 18.2 Å². The van der Waals surface area contributed by atoms with Gasteiger partial charge in [0.2, 0.25) is 0 Å². The molecule has 1 rings (SSSR count). The van der Waals surface area contributed by atoms with Gasteiger partial charge in [-0.2, -0.15) is 0 Å². The second-order valence-electron chi connectivity index (χ2n) is 4.39. The Morgan fingerprint density at radius 2 is 2.15 bits per heavy atom. The molecule has 0 aromatic heterocycles. The van der Waals surface area contributed by atoms with E-state index in [1.165, 1.54) is 6.26 Å². The Hall–Kier alpha value is -0.790. The van der Waals surface area contributed by atoms with Crippen molar-refractivity contribution in [3.8, 4) is 0 Å². The van der Waals surface area contributed by atoms with E-state index in [1.54, 1.807) is 11.8 Å². The van der Waals surface area contributed by atoms with E-state index < -0.39 is 9.84 Å². The highest BCUT2D eigenvalue weighted by molar-refractivity contribution is 7.99. The van der Waals surface area contributed by atoms with Gasteiger partial charge in [-0.3, -0.25) is 0 Å². The normalized spacial score (nSPS) is 11.3. The van der Waals surface area contributed by atoms with Gasteiger partial charge in [0.1, 0.15) is 14.8 Å². The molecule has 1 aromatic rings. The summed E-state index contributed by atoms with van der Waals surface area (Å²) < 4.78 is 22.2. The first-order valence-electron chi connectivity index (χ1n) is 6.32. The number of hydrogen-bond donors (Lipinski definition) is 2. The summed E-state index contributed by atoms with van der Waals surface area (Å²) in [6.45, 7) is 2.64. The molecule has 3 N–H and O–H groups in total. The Morgan fingerprint density at radius 1 is 1.45 bits per heavy atom. The van der Waals surface area contributed by atoms with E-state index in [4.69, 9.17) is 18.0 Å². The highest BCUT2D eigenvalue weighted by Crippen LogP contribution is 2.28. The lowest BCUT2D eigenvalue weighted by molar-refractivity contribution is 0.600. The minimum atomic E-state index is -2.92. The maximum atomic E-state index is 11.1. The van der Waals surface area contributed by atoms with Gasteiger partial charge in [-0.1, -0.05) is 25.2 Å². The monoisotopic (exact) mass is 332 g/mol. The van der Waals surface area contributed by atoms with Crippen LogP contribution in [0.1, 0.15) is 18.9 Å². The number of benzene rings is 1. The zero-order chi connectivity index (χ0) is 15.2. The van der Waals surface area contributed by atoms with Crippen molar-refractivity contribution in [3.05, 3.63) is 23.8 Å². The second kappa shape index (κ2) is 7.85. The Morgan fingerprint density at radius 3 is 2.70 bits per heavy atom. The van der Waals surface area contributed by atoms with Crippen LogP contribution < -0.4 is 11.1 Å². The predicted molar refractivity (Wildman–Crippen MR) is 91.5 cm³/mol. The van der Waals surface area contributed by atoms with Crippen LogP contribution in [0.3, 0.4) is 0 Å². The smallest absolute Gasteiger partial charge is 0.147 e. The van der Waals surface area contributed by atoms with Crippen molar-refractivity contribution in [1.29, 1.82) is 0 Å². The SMILES string of the molecule is CCSc1cccc(NCCCS(C)(=O)=O)c1C(N)=S. The lowest BCUT2D eigenvalue weighted by Crippen LogP contribution is -2.16. The molecule has 0 atom stereocenters. The van der Waals surface area contributed by atoms with Gasteiger partial charge in [0, 0.05) is 28.9 Å². The van der Waals surface area contributed by atoms with Gasteiger partial charge in [0.25, 0.3) is 0 Å². The molecule has 0 saturated heterocycles. The molecule has 0 amide bonds. The number of anilines is 1. The third-order valence-electron chi connectivity index (χ3n) is 2.58. The summed E-state index contributed by atoms with van der Waals surface area (Å²) in [4.78, 5) is 1.40. The summed E-state index contributed by atoms with van der Waals surface area (Å²) in [7, 11) is -2.92. The number of thiocarbonyl (C=S) groups is 1. The van der Waals surface area contributed by atoms with Crippen LogP contribution in [0.5, 0.6) is 0 Å². The largest absolute Gasteiger partial charge is 0.389 e. The van der Waals surface area contributed by atoms with Crippen LogP contribution in [0.4, 0.5) is 5.69 Å². The lowest BCUT2D eigenvalue weighted by atomic mass is 10.1. The number of sulfone groups is 1. The van der Waals surface area contributed by atoms with Crippen LogP contribution in [0.25, 0.3) is 0 Å². The molecule has 0 radical (unpaired) electrons. The quantitative estimate of drug-likeness (QED) is 0.432. The molecule has 0 saturated carbocycles. The van der Waals surface area contributed by atoms with Gasteiger partial charge in [-0.25, -0.2) is 8.42 Å². The molecule has 0 heterocycles. The maximum absolute atomic E-state index is 11.1. The Balaban J connectivity index is 2.79. The average molecular weight is 333 g/mol. The summed E-state index contributed by atoms with van der Waals surface area (Å²) in [5, 5.41) is 3.22. The number of nitrogens with two attached hydrogens (primary N) is 1. The molecule has 0 aliphatic heterocycles. The molecular weight excluding hydrogens is 312 g/mol. The fourth-order valence-corrected chi connectivity index (χ4v) is 3.57. The second-order valence-corrected chi connectivity index (χ2v) is 8.39. The molecule has 7 heteroatoms. The summed E-state index contributed by atoms with van der Waals surface area (Å²) >= 11 is 6.80. The van der Waals surface area contributed by atoms with Crippen LogP contribution in [0.2, 0.25) is 0 Å². The van der Waals surface area contributed by atoms with E-state index in [0.29, 0.717) is 18.0 Å². The number of nitrogens with one attached hydrogen (secondary N) is 1. The molecule has 4 nitrogen and oxygen atoms in total. The minimum Gasteiger partial charge on any atom is -0.389 e. The molecule has 0 aliphatic carbocycles. The summed E-state index contributed by atoms with van der Waals surface area (Å²) in [5.74, 6) is 1.11. The topological polar surface area (TPSA) is 72.2 Å². The van der Waals surface area contributed by atoms with E-state index in [-0.39, 0.29) is 5.75 Å². The Kier molecular flexibility index (Phi) is 6.78. The van der Waals surface area contributed by atoms with Crippen molar-refractivity contribution in [3.63, 3.8) is 0 Å². The number of rotatable bonds is 8. The van der Waals surface area contributed by atoms with Gasteiger partial charge in [-0.15, -0.1) is 11.8 Å². The fourth-order valence-electron chi connectivity index (χ4n) is 1.77. The molecular formula is C13H20N2O2S3. The zero-order valence-corrected chi connectivity index (χ0v) is 14.1. The first-order chi connectivity index (χ1) is 9.35. The highest BCUT2D eigenvalue weighted by atomic mass is 32.2. The van der Waals surface area contributed by atoms with Crippen LogP contribution in [-0.4, -0.2) is 37.7 Å². The first kappa shape index (κ1) is 17.3. The Bertz CT molecular complexity index is 571. The highest BCUT2D eigenvalue weighted by Gasteiger charge is 2.11. The van der Waals surface area contributed by atoms with Gasteiger partial charge < -0.3 is 11.1 Å². The van der Waals surface area contributed by atoms with Gasteiger partial charge >= 0.3 is 0 Å². The standard InChI is InChI=1S/C13H20N2O2S3/c1-3-19-11-7-4-6-10(12(11)13(14)18)15-8-5-9-20(2,16)17/h4,6-7,15H,3,5,8-9H2,1-2H3,(H2,14,18). The molecule has 0 spiro atoms. The zero-order valence-electron chi connectivity index (χ0n) is 11.7. The van der Waals surface area contributed by atoms with Crippen LogP contribution in [-0.2, 0) is 9.84 Å². The fraction of sp³-hybridized carbons (Fsp3) is 0.462. The van der Waals surface area contributed by atoms with Gasteiger partial charge in [0.05, 0.1) is 5.75 Å². The maximum Gasteiger partial charge on any atom is 0.147 e. The van der Waals surface area contributed by atoms with Crippen molar-refractivity contribution in [1.82, 2.24) is 0 Å². The molecule has 1 aromatic carbocycles. The summed E-state index contributed by atoms with van der Waals surface area (Å²) in [6.07, 6.45) is 1.80. The summed E-state index contributed by atoms with van der Waals surface area (Å²) in [6, 6.07) is 5.84. The predicted octanol–water partition coefficient (Wildman–Crippen LogP) is 2.28. The molecule has 0 bridgehead atoms. The van der Waals surface area contributed by atoms with E-state index >= 15 is 0 Å². The van der Waals surface area contributed by atoms with Gasteiger partial charge in [-0.05, 0) is 24.3 Å². The average Bonchev–Trinajstić information content (AvgIpc) is 2.33. The number of hydrogen-bond acceptors (Lipinski definition) is 5. The van der Waals surface area contributed by atoms with E-state index in [2.05, 4.69) is 12.2 Å². The summed E-state index contributed by atoms with van der Waals surface area (Å²) in [5.41, 5.74) is 7.51. The third-order valence-corrected chi connectivity index (χ3v) is 4.75. The van der Waals surface area contributed by atoms with E-state index in [1.807, 2.05) is 18.2 Å².